The Labute approximate surface area is 116 Å². The molecule has 3 rings (SSSR count). The second-order valence-electron chi connectivity index (χ2n) is 5.29. The number of nitrogens with two attached hydrogens (primary N) is 1. The standard InChI is InChI=1S/C14H18BrNO2/c1-8(16)14(4-5-14)10-7-11(17-2)13-9(12(10)15)3-6-18-13/h7-8H,3-6,16H2,1-2H3. The molecule has 1 aliphatic heterocycles. The first-order valence-electron chi connectivity index (χ1n) is 6.38. The van der Waals surface area contributed by atoms with E-state index in [1.807, 2.05) is 0 Å². The highest BCUT2D eigenvalue weighted by molar-refractivity contribution is 9.10. The molecule has 0 saturated heterocycles. The van der Waals surface area contributed by atoms with E-state index in [-0.39, 0.29) is 11.5 Å². The molecule has 18 heavy (non-hydrogen) atoms. The summed E-state index contributed by atoms with van der Waals surface area (Å²) in [5.41, 5.74) is 8.83. The van der Waals surface area contributed by atoms with Crippen molar-refractivity contribution in [1.29, 1.82) is 0 Å². The molecule has 1 fully saturated rings. The van der Waals surface area contributed by atoms with Crippen LogP contribution in [0.2, 0.25) is 0 Å². The molecule has 0 spiro atoms. The summed E-state index contributed by atoms with van der Waals surface area (Å²) in [7, 11) is 1.69. The summed E-state index contributed by atoms with van der Waals surface area (Å²) in [5.74, 6) is 1.74. The Kier molecular flexibility index (Phi) is 2.83. The third-order valence-electron chi connectivity index (χ3n) is 4.29. The van der Waals surface area contributed by atoms with Gasteiger partial charge in [0.05, 0.1) is 13.7 Å². The van der Waals surface area contributed by atoms with Gasteiger partial charge in [-0.05, 0) is 31.4 Å². The number of methoxy groups -OCH3 is 1. The molecule has 2 aliphatic rings. The van der Waals surface area contributed by atoms with E-state index in [2.05, 4.69) is 28.9 Å². The van der Waals surface area contributed by atoms with Crippen LogP contribution in [0, 0.1) is 0 Å². The molecule has 0 radical (unpaired) electrons. The van der Waals surface area contributed by atoms with Crippen LogP contribution in [-0.2, 0) is 11.8 Å². The predicted octanol–water partition coefficient (Wildman–Crippen LogP) is 2.77. The SMILES string of the molecule is COc1cc(C2(C(C)N)CC2)c(Br)c2c1OCC2. The smallest absolute Gasteiger partial charge is 0.165 e. The van der Waals surface area contributed by atoms with Crippen LogP contribution < -0.4 is 15.2 Å². The molecule has 3 nitrogen and oxygen atoms in total. The molecule has 1 saturated carbocycles. The number of ether oxygens (including phenoxy) is 2. The second kappa shape index (κ2) is 4.14. The van der Waals surface area contributed by atoms with Crippen LogP contribution in [0.3, 0.4) is 0 Å². The molecule has 1 heterocycles. The van der Waals surface area contributed by atoms with Crippen molar-refractivity contribution in [3.05, 3.63) is 21.7 Å². The molecular weight excluding hydrogens is 294 g/mol. The van der Waals surface area contributed by atoms with E-state index in [1.54, 1.807) is 7.11 Å². The van der Waals surface area contributed by atoms with Gasteiger partial charge >= 0.3 is 0 Å². The van der Waals surface area contributed by atoms with Crippen LogP contribution in [0.15, 0.2) is 10.5 Å². The van der Waals surface area contributed by atoms with Crippen molar-refractivity contribution < 1.29 is 9.47 Å². The summed E-state index contributed by atoms with van der Waals surface area (Å²) in [5, 5.41) is 0. The summed E-state index contributed by atoms with van der Waals surface area (Å²) < 4.78 is 12.3. The van der Waals surface area contributed by atoms with Crippen molar-refractivity contribution in [2.24, 2.45) is 5.73 Å². The first kappa shape index (κ1) is 12.3. The summed E-state index contributed by atoms with van der Waals surface area (Å²) >= 11 is 3.75. The summed E-state index contributed by atoms with van der Waals surface area (Å²) in [4.78, 5) is 0. The lowest BCUT2D eigenvalue weighted by molar-refractivity contribution is 0.325. The van der Waals surface area contributed by atoms with Gasteiger partial charge in [0.25, 0.3) is 0 Å². The van der Waals surface area contributed by atoms with Crippen molar-refractivity contribution in [2.45, 2.75) is 37.6 Å². The fourth-order valence-electron chi connectivity index (χ4n) is 2.93. The molecule has 1 aliphatic carbocycles. The maximum atomic E-state index is 6.18. The summed E-state index contributed by atoms with van der Waals surface area (Å²) in [6, 6.07) is 2.27. The van der Waals surface area contributed by atoms with E-state index >= 15 is 0 Å². The van der Waals surface area contributed by atoms with Crippen LogP contribution in [0.5, 0.6) is 11.5 Å². The minimum Gasteiger partial charge on any atom is -0.493 e. The lowest BCUT2D eigenvalue weighted by atomic mass is 9.88. The molecule has 1 unspecified atom stereocenters. The molecule has 4 heteroatoms. The van der Waals surface area contributed by atoms with Crippen molar-refractivity contribution >= 4 is 15.9 Å². The Morgan fingerprint density at radius 1 is 1.50 bits per heavy atom. The Hall–Kier alpha value is -0.740. The van der Waals surface area contributed by atoms with E-state index in [4.69, 9.17) is 15.2 Å². The van der Waals surface area contributed by atoms with Gasteiger partial charge in [-0.15, -0.1) is 0 Å². The Morgan fingerprint density at radius 3 is 2.78 bits per heavy atom. The maximum Gasteiger partial charge on any atom is 0.165 e. The van der Waals surface area contributed by atoms with Crippen LogP contribution in [0.1, 0.15) is 30.9 Å². The van der Waals surface area contributed by atoms with Gasteiger partial charge in [0.2, 0.25) is 0 Å². The van der Waals surface area contributed by atoms with E-state index in [9.17, 15) is 0 Å². The van der Waals surface area contributed by atoms with Crippen LogP contribution in [0.25, 0.3) is 0 Å². The second-order valence-corrected chi connectivity index (χ2v) is 6.08. The Morgan fingerprint density at radius 2 is 2.22 bits per heavy atom. The van der Waals surface area contributed by atoms with Crippen molar-refractivity contribution in [1.82, 2.24) is 0 Å². The lowest BCUT2D eigenvalue weighted by Gasteiger charge is -2.23. The zero-order chi connectivity index (χ0) is 12.9. The largest absolute Gasteiger partial charge is 0.493 e. The number of hydrogen-bond acceptors (Lipinski definition) is 3. The first-order chi connectivity index (χ1) is 8.60. The third-order valence-corrected chi connectivity index (χ3v) is 5.20. The van der Waals surface area contributed by atoms with Gasteiger partial charge in [0, 0.05) is 27.9 Å². The number of hydrogen-bond donors (Lipinski definition) is 1. The predicted molar refractivity (Wildman–Crippen MR) is 74.5 cm³/mol. The number of fused-ring (bicyclic) bond motifs is 1. The topological polar surface area (TPSA) is 44.5 Å². The van der Waals surface area contributed by atoms with E-state index in [0.717, 1.165) is 37.4 Å². The van der Waals surface area contributed by atoms with Crippen LogP contribution >= 0.6 is 15.9 Å². The molecule has 2 N–H and O–H groups in total. The maximum absolute atomic E-state index is 6.18. The van der Waals surface area contributed by atoms with Gasteiger partial charge in [0.1, 0.15) is 0 Å². The summed E-state index contributed by atoms with van der Waals surface area (Å²) in [6.45, 7) is 2.83. The van der Waals surface area contributed by atoms with E-state index in [1.165, 1.54) is 15.6 Å². The molecule has 1 aromatic rings. The van der Waals surface area contributed by atoms with Gasteiger partial charge in [0.15, 0.2) is 11.5 Å². The van der Waals surface area contributed by atoms with Gasteiger partial charge in [-0.2, -0.15) is 0 Å². The van der Waals surface area contributed by atoms with Gasteiger partial charge in [-0.3, -0.25) is 0 Å². The fraction of sp³-hybridized carbons (Fsp3) is 0.571. The number of halogens is 1. The number of rotatable bonds is 3. The first-order valence-corrected chi connectivity index (χ1v) is 7.17. The monoisotopic (exact) mass is 311 g/mol. The Balaban J connectivity index is 2.17. The van der Waals surface area contributed by atoms with Gasteiger partial charge in [-0.25, -0.2) is 0 Å². The number of benzene rings is 1. The summed E-state index contributed by atoms with van der Waals surface area (Å²) in [6.07, 6.45) is 3.26. The third kappa shape index (κ3) is 1.58. The van der Waals surface area contributed by atoms with Crippen molar-refractivity contribution in [3.63, 3.8) is 0 Å². The molecule has 1 aromatic carbocycles. The minimum atomic E-state index is 0.129. The molecular formula is C14H18BrNO2. The molecule has 0 bridgehead atoms. The van der Waals surface area contributed by atoms with E-state index < -0.39 is 0 Å². The fourth-order valence-corrected chi connectivity index (χ4v) is 3.81. The van der Waals surface area contributed by atoms with Crippen LogP contribution in [-0.4, -0.2) is 19.8 Å². The highest BCUT2D eigenvalue weighted by Gasteiger charge is 2.49. The van der Waals surface area contributed by atoms with Gasteiger partial charge < -0.3 is 15.2 Å². The zero-order valence-corrected chi connectivity index (χ0v) is 12.3. The highest BCUT2D eigenvalue weighted by atomic mass is 79.9. The van der Waals surface area contributed by atoms with Crippen molar-refractivity contribution in [3.8, 4) is 11.5 Å². The average Bonchev–Trinajstić information content (AvgIpc) is 3.00. The molecule has 98 valence electrons. The zero-order valence-electron chi connectivity index (χ0n) is 10.8. The lowest BCUT2D eigenvalue weighted by Crippen LogP contribution is -2.32. The molecule has 0 aromatic heterocycles. The highest BCUT2D eigenvalue weighted by Crippen LogP contribution is 2.56. The normalized spacial score (nSPS) is 21.1. The Bertz CT molecular complexity index is 495. The minimum absolute atomic E-state index is 0.129. The molecule has 0 amide bonds. The molecule has 1 atom stereocenters. The van der Waals surface area contributed by atoms with Crippen molar-refractivity contribution in [2.75, 3.05) is 13.7 Å². The average molecular weight is 312 g/mol. The van der Waals surface area contributed by atoms with Crippen LogP contribution in [0.4, 0.5) is 0 Å². The quantitative estimate of drug-likeness (QED) is 0.933. The van der Waals surface area contributed by atoms with E-state index in [0.29, 0.717) is 0 Å². The van der Waals surface area contributed by atoms with Gasteiger partial charge in [-0.1, -0.05) is 15.9 Å².